The van der Waals surface area contributed by atoms with Crippen LogP contribution < -0.4 is 11.1 Å². The molecule has 0 aromatic heterocycles. The van der Waals surface area contributed by atoms with Crippen molar-refractivity contribution in [1.29, 1.82) is 0 Å². The van der Waals surface area contributed by atoms with E-state index in [1.165, 1.54) is 12.1 Å². The summed E-state index contributed by atoms with van der Waals surface area (Å²) in [4.78, 5) is 10.5. The summed E-state index contributed by atoms with van der Waals surface area (Å²) in [5, 5.41) is 14.2. The predicted molar refractivity (Wildman–Crippen MR) is 82.2 cm³/mol. The third kappa shape index (κ3) is 4.98. The summed E-state index contributed by atoms with van der Waals surface area (Å²) in [5.74, 6) is 0. The lowest BCUT2D eigenvalue weighted by molar-refractivity contribution is -0.384. The molecule has 3 N–H and O–H groups in total. The molecule has 1 atom stereocenters. The van der Waals surface area contributed by atoms with E-state index in [1.807, 2.05) is 0 Å². The highest BCUT2D eigenvalue weighted by Crippen LogP contribution is 2.28. The van der Waals surface area contributed by atoms with Crippen molar-refractivity contribution in [1.82, 2.24) is 0 Å². The van der Waals surface area contributed by atoms with Gasteiger partial charge in [-0.25, -0.2) is 8.42 Å². The van der Waals surface area contributed by atoms with E-state index in [1.54, 1.807) is 0 Å². The van der Waals surface area contributed by atoms with Gasteiger partial charge in [-0.2, -0.15) is 0 Å². The molecule has 21 heavy (non-hydrogen) atoms. The lowest BCUT2D eigenvalue weighted by Crippen LogP contribution is -2.29. The van der Waals surface area contributed by atoms with Crippen molar-refractivity contribution in [2.24, 2.45) is 5.73 Å². The molecule has 0 fully saturated rings. The summed E-state index contributed by atoms with van der Waals surface area (Å²) in [5.41, 5.74) is 5.69. The number of unbranched alkanes of at least 4 members (excludes halogenated alkanes) is 1. The number of nitro benzene ring substituents is 1. The van der Waals surface area contributed by atoms with Gasteiger partial charge in [-0.15, -0.1) is 0 Å². The maximum absolute atomic E-state index is 11.5. The average Bonchev–Trinajstić information content (AvgIpc) is 2.42. The molecule has 0 heterocycles. The Kier molecular flexibility index (Phi) is 6.10. The Morgan fingerprint density at radius 1 is 1.43 bits per heavy atom. The van der Waals surface area contributed by atoms with Gasteiger partial charge >= 0.3 is 0 Å². The third-order valence-electron chi connectivity index (χ3n) is 3.14. The van der Waals surface area contributed by atoms with Crippen molar-refractivity contribution in [2.75, 3.05) is 18.1 Å². The van der Waals surface area contributed by atoms with Gasteiger partial charge in [0, 0.05) is 24.9 Å². The van der Waals surface area contributed by atoms with Gasteiger partial charge in [0.1, 0.15) is 5.69 Å². The summed E-state index contributed by atoms with van der Waals surface area (Å²) in [6.45, 7) is 2.40. The molecule has 1 aromatic carbocycles. The van der Waals surface area contributed by atoms with Crippen LogP contribution in [-0.2, 0) is 9.84 Å². The maximum atomic E-state index is 11.5. The number of hydrogen-bond donors (Lipinski definition) is 2. The first-order valence-electron chi connectivity index (χ1n) is 6.74. The Morgan fingerprint density at radius 3 is 2.57 bits per heavy atom. The average molecular weight is 315 g/mol. The molecule has 8 heteroatoms. The van der Waals surface area contributed by atoms with Crippen molar-refractivity contribution >= 4 is 21.2 Å². The van der Waals surface area contributed by atoms with Crippen LogP contribution in [0, 0.1) is 10.1 Å². The van der Waals surface area contributed by atoms with Crippen molar-refractivity contribution in [2.45, 2.75) is 37.1 Å². The van der Waals surface area contributed by atoms with E-state index in [0.29, 0.717) is 12.2 Å². The van der Waals surface area contributed by atoms with Gasteiger partial charge in [-0.3, -0.25) is 10.1 Å². The molecule has 1 rings (SSSR count). The number of benzene rings is 1. The van der Waals surface area contributed by atoms with Crippen molar-refractivity contribution in [3.8, 4) is 0 Å². The Hall–Kier alpha value is -1.67. The molecule has 7 nitrogen and oxygen atoms in total. The van der Waals surface area contributed by atoms with E-state index in [0.717, 1.165) is 31.6 Å². The molecule has 0 aliphatic rings. The zero-order valence-corrected chi connectivity index (χ0v) is 13.0. The van der Waals surface area contributed by atoms with Crippen LogP contribution in [0.3, 0.4) is 0 Å². The molecule has 0 saturated heterocycles. The smallest absolute Gasteiger partial charge is 0.293 e. The standard InChI is InChI=1S/C13H21N3O4S/c1-3-4-5-10(9-14)15-12-7-6-11(21(2,19)20)8-13(12)16(17)18/h6-8,10,15H,3-5,9,14H2,1-2H3. The number of nitrogens with one attached hydrogen (secondary N) is 1. The number of sulfone groups is 1. The van der Waals surface area contributed by atoms with Crippen LogP contribution in [0.1, 0.15) is 26.2 Å². The molecule has 0 saturated carbocycles. The number of hydrogen-bond acceptors (Lipinski definition) is 6. The second kappa shape index (κ2) is 7.37. The first-order valence-corrected chi connectivity index (χ1v) is 8.63. The predicted octanol–water partition coefficient (Wildman–Crippen LogP) is 1.93. The highest BCUT2D eigenvalue weighted by molar-refractivity contribution is 7.90. The van der Waals surface area contributed by atoms with E-state index < -0.39 is 14.8 Å². The Balaban J connectivity index is 3.09. The van der Waals surface area contributed by atoms with Gasteiger partial charge < -0.3 is 11.1 Å². The first kappa shape index (κ1) is 17.4. The van der Waals surface area contributed by atoms with Gasteiger partial charge in [0.15, 0.2) is 9.84 Å². The topological polar surface area (TPSA) is 115 Å². The molecule has 1 aromatic rings. The fraction of sp³-hybridized carbons (Fsp3) is 0.538. The van der Waals surface area contributed by atoms with Gasteiger partial charge in [0.25, 0.3) is 5.69 Å². The van der Waals surface area contributed by atoms with E-state index >= 15 is 0 Å². The number of nitrogens with zero attached hydrogens (tertiary/aromatic N) is 1. The zero-order valence-electron chi connectivity index (χ0n) is 12.2. The van der Waals surface area contributed by atoms with Crippen LogP contribution in [0.25, 0.3) is 0 Å². The summed E-state index contributed by atoms with van der Waals surface area (Å²) in [6, 6.07) is 3.78. The molecule has 0 spiro atoms. The molecule has 118 valence electrons. The molecule has 0 bridgehead atoms. The highest BCUT2D eigenvalue weighted by atomic mass is 32.2. The van der Waals surface area contributed by atoms with Crippen LogP contribution >= 0.6 is 0 Å². The monoisotopic (exact) mass is 315 g/mol. The summed E-state index contributed by atoms with van der Waals surface area (Å²) in [6.07, 6.45) is 3.79. The summed E-state index contributed by atoms with van der Waals surface area (Å²) >= 11 is 0. The van der Waals surface area contributed by atoms with Crippen molar-refractivity contribution in [3.05, 3.63) is 28.3 Å². The minimum atomic E-state index is -3.48. The second-order valence-corrected chi connectivity index (χ2v) is 6.94. The van der Waals surface area contributed by atoms with Crippen LogP contribution in [0.5, 0.6) is 0 Å². The Bertz CT molecular complexity index is 601. The van der Waals surface area contributed by atoms with Gasteiger partial charge in [-0.05, 0) is 18.6 Å². The molecular weight excluding hydrogens is 294 g/mol. The number of rotatable bonds is 8. The van der Waals surface area contributed by atoms with E-state index in [4.69, 9.17) is 5.73 Å². The molecule has 1 unspecified atom stereocenters. The van der Waals surface area contributed by atoms with E-state index in [9.17, 15) is 18.5 Å². The number of nitro groups is 1. The van der Waals surface area contributed by atoms with Gasteiger partial charge in [0.05, 0.1) is 9.82 Å². The fourth-order valence-corrected chi connectivity index (χ4v) is 2.58. The highest BCUT2D eigenvalue weighted by Gasteiger charge is 2.20. The molecule has 0 aliphatic heterocycles. The van der Waals surface area contributed by atoms with Crippen LogP contribution in [0.2, 0.25) is 0 Å². The van der Waals surface area contributed by atoms with Crippen LogP contribution in [0.15, 0.2) is 23.1 Å². The third-order valence-corrected chi connectivity index (χ3v) is 4.25. The minimum absolute atomic E-state index is 0.0717. The summed E-state index contributed by atoms with van der Waals surface area (Å²) in [7, 11) is -3.48. The van der Waals surface area contributed by atoms with Crippen LogP contribution in [-0.4, -0.2) is 32.2 Å². The molecule has 0 amide bonds. The first-order chi connectivity index (χ1) is 9.79. The molecular formula is C13H21N3O4S. The van der Waals surface area contributed by atoms with Crippen LogP contribution in [0.4, 0.5) is 11.4 Å². The fourth-order valence-electron chi connectivity index (χ4n) is 1.93. The summed E-state index contributed by atoms with van der Waals surface area (Å²) < 4.78 is 23.0. The van der Waals surface area contributed by atoms with Crippen molar-refractivity contribution in [3.63, 3.8) is 0 Å². The maximum Gasteiger partial charge on any atom is 0.293 e. The number of anilines is 1. The van der Waals surface area contributed by atoms with Gasteiger partial charge in [-0.1, -0.05) is 19.8 Å². The SMILES string of the molecule is CCCCC(CN)Nc1ccc(S(C)(=O)=O)cc1[N+](=O)[O-]. The largest absolute Gasteiger partial charge is 0.375 e. The minimum Gasteiger partial charge on any atom is -0.375 e. The lowest BCUT2D eigenvalue weighted by atomic mass is 10.1. The van der Waals surface area contributed by atoms with E-state index in [-0.39, 0.29) is 16.6 Å². The van der Waals surface area contributed by atoms with Gasteiger partial charge in [0.2, 0.25) is 0 Å². The number of nitrogens with two attached hydrogens (primary N) is 1. The Morgan fingerprint density at radius 2 is 2.10 bits per heavy atom. The van der Waals surface area contributed by atoms with Crippen molar-refractivity contribution < 1.29 is 13.3 Å². The second-order valence-electron chi connectivity index (χ2n) is 4.93. The lowest BCUT2D eigenvalue weighted by Gasteiger charge is -2.18. The Labute approximate surface area is 124 Å². The quantitative estimate of drug-likeness (QED) is 0.559. The molecule has 0 aliphatic carbocycles. The molecule has 0 radical (unpaired) electrons. The zero-order chi connectivity index (χ0) is 16.0. The van der Waals surface area contributed by atoms with E-state index in [2.05, 4.69) is 12.2 Å². The normalized spacial score (nSPS) is 12.9.